The molecule has 0 aliphatic rings. The van der Waals surface area contributed by atoms with Gasteiger partial charge in [-0.3, -0.25) is 0 Å². The summed E-state index contributed by atoms with van der Waals surface area (Å²) in [6, 6.07) is 9.13. The fourth-order valence-electron chi connectivity index (χ4n) is 0.960. The van der Waals surface area contributed by atoms with Crippen molar-refractivity contribution in [3.05, 3.63) is 30.3 Å². The predicted molar refractivity (Wildman–Crippen MR) is 52.1 cm³/mol. The predicted octanol–water partition coefficient (Wildman–Crippen LogP) is 1.77. The van der Waals surface area contributed by atoms with Gasteiger partial charge in [0, 0.05) is 12.7 Å². The Morgan fingerprint density at radius 3 is 2.46 bits per heavy atom. The molecule has 0 spiro atoms. The molecular weight excluding hydrogens is 190 g/mol. The minimum absolute atomic E-state index is 0.782. The first-order chi connectivity index (χ1) is 6.13. The number of para-hydroxylation sites is 1. The van der Waals surface area contributed by atoms with E-state index in [1.54, 1.807) is 19.2 Å². The van der Waals surface area contributed by atoms with E-state index >= 15 is 0 Å². The summed E-state index contributed by atoms with van der Waals surface area (Å²) < 4.78 is 0. The molecule has 0 saturated heterocycles. The summed E-state index contributed by atoms with van der Waals surface area (Å²) in [5.41, 5.74) is -0.243. The lowest BCUT2D eigenvalue weighted by molar-refractivity contribution is -0.136. The molecule has 1 rings (SSSR count). The average molecular weight is 200 g/mol. The van der Waals surface area contributed by atoms with Crippen LogP contribution in [0.25, 0.3) is 0 Å². The molecule has 1 aromatic carbocycles. The van der Waals surface area contributed by atoms with Crippen molar-refractivity contribution in [2.75, 3.05) is 11.9 Å². The fourth-order valence-corrected chi connectivity index (χ4v) is 1.07. The Morgan fingerprint density at radius 1 is 1.46 bits per heavy atom. The fraction of sp³-hybridized carbons (Fsp3) is 0.222. The van der Waals surface area contributed by atoms with Gasteiger partial charge in [0.25, 0.3) is 0 Å². The lowest BCUT2D eigenvalue weighted by Crippen LogP contribution is -2.33. The number of halogens is 1. The molecule has 0 saturated carbocycles. The molecule has 0 aliphatic heterocycles. The van der Waals surface area contributed by atoms with Crippen molar-refractivity contribution >= 4 is 23.3 Å². The van der Waals surface area contributed by atoms with Crippen molar-refractivity contribution < 1.29 is 9.90 Å². The van der Waals surface area contributed by atoms with Crippen LogP contribution in [-0.4, -0.2) is 23.6 Å². The molecule has 0 bridgehead atoms. The smallest absolute Gasteiger partial charge is 0.342 e. The SMILES string of the molecule is CN(c1ccccc1)C(Cl)C(=O)O. The third-order valence-electron chi connectivity index (χ3n) is 1.71. The molecule has 4 heteroatoms. The quantitative estimate of drug-likeness (QED) is 0.596. The molecule has 0 aliphatic carbocycles. The van der Waals surface area contributed by atoms with Gasteiger partial charge in [0.15, 0.2) is 0 Å². The molecule has 0 fully saturated rings. The first-order valence-corrected chi connectivity index (χ1v) is 4.21. The largest absolute Gasteiger partial charge is 0.479 e. The standard InChI is InChI=1S/C9H10ClNO2/c1-11(8(10)9(12)13)7-5-3-2-4-6-7/h2-6,8H,1H3,(H,12,13). The van der Waals surface area contributed by atoms with E-state index in [0.717, 1.165) is 5.69 Å². The van der Waals surface area contributed by atoms with Gasteiger partial charge < -0.3 is 10.0 Å². The summed E-state index contributed by atoms with van der Waals surface area (Å²) in [5, 5.41) is 8.64. The van der Waals surface area contributed by atoms with Gasteiger partial charge in [0.2, 0.25) is 5.50 Å². The van der Waals surface area contributed by atoms with E-state index in [0.29, 0.717) is 0 Å². The van der Waals surface area contributed by atoms with Crippen LogP contribution in [0.2, 0.25) is 0 Å². The first kappa shape index (κ1) is 9.86. The van der Waals surface area contributed by atoms with Gasteiger partial charge in [-0.25, -0.2) is 4.79 Å². The van der Waals surface area contributed by atoms with Gasteiger partial charge in [0.1, 0.15) is 0 Å². The van der Waals surface area contributed by atoms with Crippen LogP contribution in [0.5, 0.6) is 0 Å². The number of rotatable bonds is 3. The van der Waals surface area contributed by atoms with Gasteiger partial charge in [-0.05, 0) is 12.1 Å². The lowest BCUT2D eigenvalue weighted by Gasteiger charge is -2.21. The summed E-state index contributed by atoms with van der Waals surface area (Å²) >= 11 is 5.63. The van der Waals surface area contributed by atoms with Crippen LogP contribution < -0.4 is 4.90 Å². The minimum Gasteiger partial charge on any atom is -0.479 e. The Morgan fingerprint density at radius 2 is 2.00 bits per heavy atom. The van der Waals surface area contributed by atoms with Crippen molar-refractivity contribution in [1.82, 2.24) is 0 Å². The van der Waals surface area contributed by atoms with Crippen LogP contribution in [0, 0.1) is 0 Å². The number of nitrogens with zero attached hydrogens (tertiary/aromatic N) is 1. The van der Waals surface area contributed by atoms with E-state index in [-0.39, 0.29) is 0 Å². The van der Waals surface area contributed by atoms with E-state index in [1.165, 1.54) is 4.90 Å². The molecule has 0 amide bonds. The van der Waals surface area contributed by atoms with Crippen molar-refractivity contribution in [1.29, 1.82) is 0 Å². The number of benzene rings is 1. The molecule has 0 radical (unpaired) electrons. The second-order valence-corrected chi connectivity index (χ2v) is 3.03. The molecule has 1 aromatic rings. The van der Waals surface area contributed by atoms with E-state index in [1.807, 2.05) is 18.2 Å². The minimum atomic E-state index is -1.05. The highest BCUT2D eigenvalue weighted by Crippen LogP contribution is 2.16. The van der Waals surface area contributed by atoms with Crippen LogP contribution in [0.1, 0.15) is 0 Å². The number of carboxylic acid groups (broad SMARTS) is 1. The van der Waals surface area contributed by atoms with E-state index in [9.17, 15) is 4.79 Å². The number of hydrogen-bond acceptors (Lipinski definition) is 2. The van der Waals surface area contributed by atoms with Crippen molar-refractivity contribution in [3.63, 3.8) is 0 Å². The number of hydrogen-bond donors (Lipinski definition) is 1. The molecule has 1 unspecified atom stereocenters. The zero-order chi connectivity index (χ0) is 9.84. The van der Waals surface area contributed by atoms with Crippen molar-refractivity contribution in [3.8, 4) is 0 Å². The number of aliphatic carboxylic acids is 1. The van der Waals surface area contributed by atoms with Crippen molar-refractivity contribution in [2.24, 2.45) is 0 Å². The summed E-state index contributed by atoms with van der Waals surface area (Å²) in [6.45, 7) is 0. The van der Waals surface area contributed by atoms with E-state index in [2.05, 4.69) is 0 Å². The zero-order valence-corrected chi connectivity index (χ0v) is 7.90. The third-order valence-corrected chi connectivity index (χ3v) is 2.19. The zero-order valence-electron chi connectivity index (χ0n) is 7.14. The van der Waals surface area contributed by atoms with Gasteiger partial charge in [-0.15, -0.1) is 0 Å². The van der Waals surface area contributed by atoms with Crippen LogP contribution in [0.4, 0.5) is 5.69 Å². The summed E-state index contributed by atoms with van der Waals surface area (Å²) in [4.78, 5) is 12.0. The van der Waals surface area contributed by atoms with E-state index < -0.39 is 11.5 Å². The number of likely N-dealkylation sites (N-methyl/N-ethyl adjacent to an activating group) is 1. The Balaban J connectivity index is 2.79. The average Bonchev–Trinajstić information content (AvgIpc) is 2.17. The number of carbonyl (C=O) groups is 1. The number of alkyl halides is 1. The highest BCUT2D eigenvalue weighted by molar-refractivity contribution is 6.30. The van der Waals surface area contributed by atoms with Crippen LogP contribution in [-0.2, 0) is 4.79 Å². The highest BCUT2D eigenvalue weighted by atomic mass is 35.5. The van der Waals surface area contributed by atoms with Crippen LogP contribution >= 0.6 is 11.6 Å². The van der Waals surface area contributed by atoms with E-state index in [4.69, 9.17) is 16.7 Å². The van der Waals surface area contributed by atoms with Gasteiger partial charge >= 0.3 is 5.97 Å². The molecule has 1 atom stereocenters. The topological polar surface area (TPSA) is 40.5 Å². The molecular formula is C9H10ClNO2. The van der Waals surface area contributed by atoms with Gasteiger partial charge in [-0.1, -0.05) is 29.8 Å². The summed E-state index contributed by atoms with van der Waals surface area (Å²) in [5.74, 6) is -1.05. The number of carboxylic acids is 1. The summed E-state index contributed by atoms with van der Waals surface area (Å²) in [6.07, 6.45) is 0. The summed E-state index contributed by atoms with van der Waals surface area (Å²) in [7, 11) is 1.64. The van der Waals surface area contributed by atoms with Crippen molar-refractivity contribution in [2.45, 2.75) is 5.50 Å². The maximum Gasteiger partial charge on any atom is 0.342 e. The lowest BCUT2D eigenvalue weighted by atomic mass is 10.3. The maximum absolute atomic E-state index is 10.5. The second-order valence-electron chi connectivity index (χ2n) is 2.62. The molecule has 1 N–H and O–H groups in total. The van der Waals surface area contributed by atoms with Gasteiger partial charge in [0.05, 0.1) is 0 Å². The Kier molecular flexibility index (Phi) is 3.14. The maximum atomic E-state index is 10.5. The van der Waals surface area contributed by atoms with Crippen LogP contribution in [0.15, 0.2) is 30.3 Å². The number of anilines is 1. The first-order valence-electron chi connectivity index (χ1n) is 3.77. The van der Waals surface area contributed by atoms with Gasteiger partial charge in [-0.2, -0.15) is 0 Å². The normalized spacial score (nSPS) is 12.2. The monoisotopic (exact) mass is 199 g/mol. The third kappa shape index (κ3) is 2.36. The second kappa shape index (κ2) is 4.14. The Hall–Kier alpha value is -1.22. The Bertz CT molecular complexity index is 289. The van der Waals surface area contributed by atoms with Crippen LogP contribution in [0.3, 0.4) is 0 Å². The highest BCUT2D eigenvalue weighted by Gasteiger charge is 2.18. The molecule has 0 aromatic heterocycles. The molecule has 0 heterocycles. The molecule has 13 heavy (non-hydrogen) atoms. The Labute approximate surface area is 81.5 Å². The molecule has 3 nitrogen and oxygen atoms in total. The molecule has 70 valence electrons.